The molecule has 0 aliphatic carbocycles. The number of anilines is 1. The van der Waals surface area contributed by atoms with Crippen molar-refractivity contribution >= 4 is 56.5 Å². The van der Waals surface area contributed by atoms with E-state index in [-0.39, 0.29) is 5.91 Å². The minimum atomic E-state index is -0.121. The Morgan fingerprint density at radius 3 is 2.61 bits per heavy atom. The van der Waals surface area contributed by atoms with Gasteiger partial charge in [-0.15, -0.1) is 5.10 Å². The fraction of sp³-hybridized carbons (Fsp3) is 0.100. The van der Waals surface area contributed by atoms with Gasteiger partial charge in [-0.2, -0.15) is 9.98 Å². The predicted octanol–water partition coefficient (Wildman–Crippen LogP) is 4.94. The Hall–Kier alpha value is -2.71. The van der Waals surface area contributed by atoms with Gasteiger partial charge in [-0.25, -0.2) is 0 Å². The summed E-state index contributed by atoms with van der Waals surface area (Å²) >= 11 is 4.74. The molecule has 1 saturated heterocycles. The summed E-state index contributed by atoms with van der Waals surface area (Å²) in [7, 11) is 0. The van der Waals surface area contributed by atoms with Gasteiger partial charge in [0, 0.05) is 10.9 Å². The SMILES string of the molecule is CCc1nc(/N=C2\S/C(=C\c3ccc(Br)cc3)C(=O)N2c2ccccc2)n[nH]1. The van der Waals surface area contributed by atoms with Gasteiger partial charge >= 0.3 is 0 Å². The quantitative estimate of drug-likeness (QED) is 0.567. The van der Waals surface area contributed by atoms with Gasteiger partial charge in [0.1, 0.15) is 5.82 Å². The molecular formula is C20H16BrN5OS. The van der Waals surface area contributed by atoms with Crippen LogP contribution in [0.1, 0.15) is 18.3 Å². The molecule has 1 N–H and O–H groups in total. The molecule has 3 aromatic rings. The normalized spacial score (nSPS) is 17.1. The highest BCUT2D eigenvalue weighted by molar-refractivity contribution is 9.10. The standard InChI is InChI=1S/C20H16BrN5OS/c1-2-17-22-19(25-24-17)23-20-26(15-6-4-3-5-7-15)18(27)16(28-20)12-13-8-10-14(21)11-9-13/h3-12H,2H2,1H3,(H,22,24,25)/b16-12-,23-20-. The van der Waals surface area contributed by atoms with Gasteiger partial charge in [-0.3, -0.25) is 14.8 Å². The number of aliphatic imine (C=N–C) groups is 1. The summed E-state index contributed by atoms with van der Waals surface area (Å²) in [5.74, 6) is 0.952. The van der Waals surface area contributed by atoms with Crippen molar-refractivity contribution in [3.05, 3.63) is 75.4 Å². The molecule has 2 aromatic carbocycles. The summed E-state index contributed by atoms with van der Waals surface area (Å²) in [5.41, 5.74) is 1.70. The maximum absolute atomic E-state index is 13.1. The number of halogens is 1. The molecule has 0 atom stereocenters. The van der Waals surface area contributed by atoms with E-state index in [9.17, 15) is 4.79 Å². The molecule has 0 spiro atoms. The van der Waals surface area contributed by atoms with Crippen molar-refractivity contribution in [3.8, 4) is 0 Å². The molecule has 1 aliphatic rings. The van der Waals surface area contributed by atoms with E-state index in [1.165, 1.54) is 11.8 Å². The fourth-order valence-corrected chi connectivity index (χ4v) is 3.88. The summed E-state index contributed by atoms with van der Waals surface area (Å²) < 4.78 is 0.990. The average molecular weight is 454 g/mol. The number of rotatable bonds is 4. The van der Waals surface area contributed by atoms with Crippen LogP contribution in [-0.2, 0) is 11.2 Å². The number of hydrogen-bond donors (Lipinski definition) is 1. The van der Waals surface area contributed by atoms with E-state index in [2.05, 4.69) is 36.1 Å². The Morgan fingerprint density at radius 2 is 1.93 bits per heavy atom. The third-order valence-electron chi connectivity index (χ3n) is 4.04. The smallest absolute Gasteiger partial charge is 0.268 e. The van der Waals surface area contributed by atoms with Crippen LogP contribution in [0, 0.1) is 0 Å². The van der Waals surface area contributed by atoms with Crippen LogP contribution in [0.25, 0.3) is 6.08 Å². The van der Waals surface area contributed by atoms with Crippen molar-refractivity contribution in [3.63, 3.8) is 0 Å². The second-order valence-electron chi connectivity index (χ2n) is 5.97. The summed E-state index contributed by atoms with van der Waals surface area (Å²) in [6.07, 6.45) is 2.61. The molecule has 4 rings (SSSR count). The zero-order chi connectivity index (χ0) is 19.5. The number of amidine groups is 1. The molecule has 0 bridgehead atoms. The molecule has 140 valence electrons. The highest BCUT2D eigenvalue weighted by atomic mass is 79.9. The maximum atomic E-state index is 13.1. The Balaban J connectivity index is 1.74. The molecule has 0 saturated carbocycles. The highest BCUT2D eigenvalue weighted by Gasteiger charge is 2.35. The van der Waals surface area contributed by atoms with Gasteiger partial charge in [0.15, 0.2) is 5.17 Å². The molecule has 1 fully saturated rings. The first-order chi connectivity index (χ1) is 13.6. The number of para-hydroxylation sites is 1. The van der Waals surface area contributed by atoms with Gasteiger partial charge in [-0.05, 0) is 47.7 Å². The van der Waals surface area contributed by atoms with Crippen molar-refractivity contribution in [1.82, 2.24) is 15.2 Å². The van der Waals surface area contributed by atoms with Crippen LogP contribution in [-0.4, -0.2) is 26.3 Å². The van der Waals surface area contributed by atoms with Gasteiger partial charge in [0.25, 0.3) is 11.9 Å². The number of nitrogens with one attached hydrogen (secondary N) is 1. The zero-order valence-corrected chi connectivity index (χ0v) is 17.4. The Morgan fingerprint density at radius 1 is 1.18 bits per heavy atom. The number of benzene rings is 2. The molecule has 8 heteroatoms. The molecule has 6 nitrogen and oxygen atoms in total. The molecule has 1 aliphatic heterocycles. The third-order valence-corrected chi connectivity index (χ3v) is 5.54. The summed E-state index contributed by atoms with van der Waals surface area (Å²) in [6, 6.07) is 17.3. The summed E-state index contributed by atoms with van der Waals surface area (Å²) in [4.78, 5) is 24.2. The second-order valence-corrected chi connectivity index (χ2v) is 7.89. The van der Waals surface area contributed by atoms with Crippen LogP contribution in [0.2, 0.25) is 0 Å². The number of hydrogen-bond acceptors (Lipinski definition) is 5. The lowest BCUT2D eigenvalue weighted by Gasteiger charge is -2.14. The van der Waals surface area contributed by atoms with Crippen molar-refractivity contribution in [1.29, 1.82) is 0 Å². The van der Waals surface area contributed by atoms with Crippen LogP contribution < -0.4 is 4.90 Å². The first-order valence-electron chi connectivity index (χ1n) is 8.68. The van der Waals surface area contributed by atoms with Crippen molar-refractivity contribution in [2.45, 2.75) is 13.3 Å². The maximum Gasteiger partial charge on any atom is 0.271 e. The third kappa shape index (κ3) is 3.93. The fourth-order valence-electron chi connectivity index (χ4n) is 2.64. The Bertz CT molecular complexity index is 1060. The molecular weight excluding hydrogens is 438 g/mol. The molecule has 0 radical (unpaired) electrons. The summed E-state index contributed by atoms with van der Waals surface area (Å²) in [6.45, 7) is 1.99. The van der Waals surface area contributed by atoms with Crippen LogP contribution >= 0.6 is 27.7 Å². The van der Waals surface area contributed by atoms with Crippen LogP contribution in [0.4, 0.5) is 11.6 Å². The number of carbonyl (C=O) groups excluding carboxylic acids is 1. The minimum Gasteiger partial charge on any atom is -0.268 e. The number of thioether (sulfide) groups is 1. The van der Waals surface area contributed by atoms with Crippen LogP contribution in [0.3, 0.4) is 0 Å². The summed E-state index contributed by atoms with van der Waals surface area (Å²) in [5, 5.41) is 7.50. The second kappa shape index (κ2) is 8.12. The van der Waals surface area contributed by atoms with Gasteiger partial charge < -0.3 is 0 Å². The van der Waals surface area contributed by atoms with Crippen molar-refractivity contribution < 1.29 is 4.79 Å². The molecule has 1 amide bonds. The topological polar surface area (TPSA) is 74.2 Å². The predicted molar refractivity (Wildman–Crippen MR) is 116 cm³/mol. The van der Waals surface area contributed by atoms with E-state index in [0.29, 0.717) is 16.0 Å². The number of aryl methyl sites for hydroxylation is 1. The lowest BCUT2D eigenvalue weighted by molar-refractivity contribution is -0.113. The number of H-pyrrole nitrogens is 1. The lowest BCUT2D eigenvalue weighted by atomic mass is 10.2. The Labute approximate surface area is 174 Å². The number of aromatic nitrogens is 3. The first-order valence-corrected chi connectivity index (χ1v) is 10.3. The number of aromatic amines is 1. The van der Waals surface area contributed by atoms with Crippen LogP contribution in [0.15, 0.2) is 69.0 Å². The molecule has 2 heterocycles. The Kier molecular flexibility index (Phi) is 5.40. The number of nitrogens with zero attached hydrogens (tertiary/aromatic N) is 4. The monoisotopic (exact) mass is 453 g/mol. The van der Waals surface area contributed by atoms with E-state index < -0.39 is 0 Å². The lowest BCUT2D eigenvalue weighted by Crippen LogP contribution is -2.28. The molecule has 28 heavy (non-hydrogen) atoms. The molecule has 1 aromatic heterocycles. The largest absolute Gasteiger partial charge is 0.271 e. The highest BCUT2D eigenvalue weighted by Crippen LogP contribution is 2.36. The van der Waals surface area contributed by atoms with Crippen molar-refractivity contribution in [2.75, 3.05) is 4.90 Å². The van der Waals surface area contributed by atoms with Crippen molar-refractivity contribution in [2.24, 2.45) is 4.99 Å². The molecule has 0 unspecified atom stereocenters. The minimum absolute atomic E-state index is 0.121. The first kappa shape index (κ1) is 18.6. The van der Waals surface area contributed by atoms with E-state index >= 15 is 0 Å². The van der Waals surface area contributed by atoms with E-state index in [0.717, 1.165) is 28.0 Å². The van der Waals surface area contributed by atoms with Gasteiger partial charge in [-0.1, -0.05) is 53.2 Å². The van der Waals surface area contributed by atoms with Crippen LogP contribution in [0.5, 0.6) is 0 Å². The van der Waals surface area contributed by atoms with E-state index in [4.69, 9.17) is 0 Å². The number of carbonyl (C=O) groups is 1. The van der Waals surface area contributed by atoms with Gasteiger partial charge in [0.2, 0.25) is 0 Å². The van der Waals surface area contributed by atoms with E-state index in [1.807, 2.05) is 67.6 Å². The number of amides is 1. The van der Waals surface area contributed by atoms with E-state index in [1.54, 1.807) is 4.90 Å². The van der Waals surface area contributed by atoms with Gasteiger partial charge in [0.05, 0.1) is 10.6 Å². The average Bonchev–Trinajstić information content (AvgIpc) is 3.29. The zero-order valence-electron chi connectivity index (χ0n) is 15.0.